The number of hydrogen-bond donors (Lipinski definition) is 1. The van der Waals surface area contributed by atoms with E-state index in [9.17, 15) is 4.79 Å². The van der Waals surface area contributed by atoms with Gasteiger partial charge in [-0.3, -0.25) is 4.79 Å². The Balaban J connectivity index is 3.05. The summed E-state index contributed by atoms with van der Waals surface area (Å²) in [6, 6.07) is 7.61. The number of amides is 1. The Morgan fingerprint density at radius 2 is 1.73 bits per heavy atom. The largest absolute Gasteiger partial charge is 0.399 e. The standard InChI is InChI=1S/C12H18N2O/c1-9(15)14(4)12(2,3)10-5-7-11(13)8-6-10/h5-8H,13H2,1-4H3. The summed E-state index contributed by atoms with van der Waals surface area (Å²) >= 11 is 0. The summed E-state index contributed by atoms with van der Waals surface area (Å²) in [6.07, 6.45) is 0. The van der Waals surface area contributed by atoms with Gasteiger partial charge in [-0.2, -0.15) is 0 Å². The van der Waals surface area contributed by atoms with Gasteiger partial charge in [0, 0.05) is 19.7 Å². The van der Waals surface area contributed by atoms with Crippen LogP contribution >= 0.6 is 0 Å². The van der Waals surface area contributed by atoms with Crippen LogP contribution in [0.3, 0.4) is 0 Å². The predicted molar refractivity (Wildman–Crippen MR) is 62.3 cm³/mol. The molecule has 0 atom stereocenters. The van der Waals surface area contributed by atoms with Gasteiger partial charge in [-0.15, -0.1) is 0 Å². The fourth-order valence-electron chi connectivity index (χ4n) is 1.48. The van der Waals surface area contributed by atoms with Gasteiger partial charge in [0.2, 0.25) is 5.91 Å². The number of nitrogens with two attached hydrogens (primary N) is 1. The van der Waals surface area contributed by atoms with Crippen LogP contribution in [-0.4, -0.2) is 17.9 Å². The van der Waals surface area contributed by atoms with E-state index >= 15 is 0 Å². The minimum absolute atomic E-state index is 0.0526. The molecule has 0 spiro atoms. The first kappa shape index (κ1) is 11.6. The summed E-state index contributed by atoms with van der Waals surface area (Å²) in [5.74, 6) is 0.0526. The van der Waals surface area contributed by atoms with Gasteiger partial charge in [0.15, 0.2) is 0 Å². The highest BCUT2D eigenvalue weighted by Crippen LogP contribution is 2.26. The number of hydrogen-bond acceptors (Lipinski definition) is 2. The molecule has 3 heteroatoms. The zero-order valence-corrected chi connectivity index (χ0v) is 9.74. The maximum absolute atomic E-state index is 11.3. The molecule has 0 aliphatic heterocycles. The number of anilines is 1. The van der Waals surface area contributed by atoms with Gasteiger partial charge < -0.3 is 10.6 Å². The summed E-state index contributed by atoms with van der Waals surface area (Å²) in [5, 5.41) is 0. The average molecular weight is 206 g/mol. The molecule has 1 amide bonds. The molecule has 0 fully saturated rings. The SMILES string of the molecule is CC(=O)N(C)C(C)(C)c1ccc(N)cc1. The Labute approximate surface area is 90.9 Å². The minimum Gasteiger partial charge on any atom is -0.399 e. The maximum atomic E-state index is 11.3. The second-order valence-corrected chi connectivity index (χ2v) is 4.26. The number of rotatable bonds is 2. The second kappa shape index (κ2) is 3.93. The summed E-state index contributed by atoms with van der Waals surface area (Å²) in [5.41, 5.74) is 7.13. The van der Waals surface area contributed by atoms with E-state index in [0.717, 1.165) is 11.3 Å². The van der Waals surface area contributed by atoms with Gasteiger partial charge >= 0.3 is 0 Å². The fourth-order valence-corrected chi connectivity index (χ4v) is 1.48. The fraction of sp³-hybridized carbons (Fsp3) is 0.417. The molecular formula is C12H18N2O. The van der Waals surface area contributed by atoms with Crippen LogP contribution in [0.4, 0.5) is 5.69 Å². The molecule has 1 aromatic rings. The van der Waals surface area contributed by atoms with E-state index in [4.69, 9.17) is 5.73 Å². The second-order valence-electron chi connectivity index (χ2n) is 4.26. The van der Waals surface area contributed by atoms with Crippen LogP contribution in [0.2, 0.25) is 0 Å². The van der Waals surface area contributed by atoms with Crippen molar-refractivity contribution in [3.8, 4) is 0 Å². The normalized spacial score (nSPS) is 11.2. The van der Waals surface area contributed by atoms with Gasteiger partial charge in [-0.1, -0.05) is 12.1 Å². The molecule has 1 rings (SSSR count). The Kier molecular flexibility index (Phi) is 3.03. The molecule has 0 saturated heterocycles. The van der Waals surface area contributed by atoms with Gasteiger partial charge in [-0.25, -0.2) is 0 Å². The van der Waals surface area contributed by atoms with E-state index in [1.165, 1.54) is 0 Å². The van der Waals surface area contributed by atoms with E-state index in [1.807, 2.05) is 38.1 Å². The topological polar surface area (TPSA) is 46.3 Å². The van der Waals surface area contributed by atoms with E-state index in [2.05, 4.69) is 0 Å². The average Bonchev–Trinajstić information content (AvgIpc) is 2.17. The molecule has 82 valence electrons. The van der Waals surface area contributed by atoms with Gasteiger partial charge in [0.1, 0.15) is 0 Å². The Hall–Kier alpha value is -1.51. The van der Waals surface area contributed by atoms with Crippen LogP contribution in [0.5, 0.6) is 0 Å². The molecule has 0 radical (unpaired) electrons. The molecule has 0 aromatic heterocycles. The molecule has 2 N–H and O–H groups in total. The van der Waals surface area contributed by atoms with Crippen LogP contribution in [0.1, 0.15) is 26.3 Å². The lowest BCUT2D eigenvalue weighted by Gasteiger charge is -2.35. The molecule has 0 unspecified atom stereocenters. The Morgan fingerprint density at radius 1 is 1.27 bits per heavy atom. The van der Waals surface area contributed by atoms with Crippen molar-refractivity contribution in [2.45, 2.75) is 26.3 Å². The molecule has 3 nitrogen and oxygen atoms in total. The van der Waals surface area contributed by atoms with Gasteiger partial charge in [0.05, 0.1) is 5.54 Å². The van der Waals surface area contributed by atoms with Crippen molar-refractivity contribution in [3.05, 3.63) is 29.8 Å². The zero-order valence-electron chi connectivity index (χ0n) is 9.74. The lowest BCUT2D eigenvalue weighted by molar-refractivity contribution is -0.132. The highest BCUT2D eigenvalue weighted by Gasteiger charge is 2.27. The molecule has 0 saturated carbocycles. The summed E-state index contributed by atoms with van der Waals surface area (Å²) in [6.45, 7) is 5.60. The monoisotopic (exact) mass is 206 g/mol. The highest BCUT2D eigenvalue weighted by atomic mass is 16.2. The van der Waals surface area contributed by atoms with Crippen molar-refractivity contribution >= 4 is 11.6 Å². The number of carbonyl (C=O) groups is 1. The molecule has 0 aliphatic carbocycles. The molecule has 0 aliphatic rings. The number of benzene rings is 1. The quantitative estimate of drug-likeness (QED) is 0.752. The van der Waals surface area contributed by atoms with Crippen molar-refractivity contribution in [3.63, 3.8) is 0 Å². The van der Waals surface area contributed by atoms with Crippen LogP contribution < -0.4 is 5.73 Å². The molecular weight excluding hydrogens is 188 g/mol. The first-order valence-electron chi connectivity index (χ1n) is 4.96. The third-order valence-electron chi connectivity index (χ3n) is 2.93. The molecule has 1 aromatic carbocycles. The van der Waals surface area contributed by atoms with Crippen LogP contribution in [0.15, 0.2) is 24.3 Å². The van der Waals surface area contributed by atoms with Crippen molar-refractivity contribution in [2.24, 2.45) is 0 Å². The zero-order chi connectivity index (χ0) is 11.6. The third-order valence-corrected chi connectivity index (χ3v) is 2.93. The maximum Gasteiger partial charge on any atom is 0.219 e. The van der Waals surface area contributed by atoms with E-state index in [0.29, 0.717) is 0 Å². The summed E-state index contributed by atoms with van der Waals surface area (Å²) in [4.78, 5) is 13.1. The van der Waals surface area contributed by atoms with Gasteiger partial charge in [0.25, 0.3) is 0 Å². The summed E-state index contributed by atoms with van der Waals surface area (Å²) < 4.78 is 0. The number of nitrogens with zero attached hydrogens (tertiary/aromatic N) is 1. The Morgan fingerprint density at radius 3 is 2.13 bits per heavy atom. The van der Waals surface area contributed by atoms with E-state index < -0.39 is 0 Å². The molecule has 15 heavy (non-hydrogen) atoms. The Bertz CT molecular complexity index is 354. The van der Waals surface area contributed by atoms with Crippen molar-refractivity contribution < 1.29 is 4.79 Å². The van der Waals surface area contributed by atoms with E-state index in [-0.39, 0.29) is 11.4 Å². The molecule has 0 heterocycles. The number of nitrogen functional groups attached to an aromatic ring is 1. The van der Waals surface area contributed by atoms with Crippen molar-refractivity contribution in [2.75, 3.05) is 12.8 Å². The molecule has 0 bridgehead atoms. The number of carbonyl (C=O) groups excluding carboxylic acids is 1. The first-order chi connectivity index (χ1) is 6.85. The van der Waals surface area contributed by atoms with Crippen molar-refractivity contribution in [1.29, 1.82) is 0 Å². The van der Waals surface area contributed by atoms with Gasteiger partial charge in [-0.05, 0) is 31.5 Å². The van der Waals surface area contributed by atoms with Crippen LogP contribution in [-0.2, 0) is 10.3 Å². The smallest absolute Gasteiger partial charge is 0.219 e. The predicted octanol–water partition coefficient (Wildman–Crippen LogP) is 1.98. The minimum atomic E-state index is -0.306. The van der Waals surface area contributed by atoms with Crippen LogP contribution in [0.25, 0.3) is 0 Å². The lowest BCUT2D eigenvalue weighted by atomic mass is 9.92. The highest BCUT2D eigenvalue weighted by molar-refractivity contribution is 5.74. The summed E-state index contributed by atoms with van der Waals surface area (Å²) in [7, 11) is 1.80. The van der Waals surface area contributed by atoms with Crippen LogP contribution in [0, 0.1) is 0 Å². The lowest BCUT2D eigenvalue weighted by Crippen LogP contribution is -2.41. The first-order valence-corrected chi connectivity index (χ1v) is 4.96. The van der Waals surface area contributed by atoms with Crippen molar-refractivity contribution in [1.82, 2.24) is 4.90 Å². The third kappa shape index (κ3) is 2.29. The van der Waals surface area contributed by atoms with E-state index in [1.54, 1.807) is 18.9 Å².